The zero-order valence-electron chi connectivity index (χ0n) is 10.8. The Hall–Kier alpha value is -2.56. The van der Waals surface area contributed by atoms with Crippen LogP contribution in [0.1, 0.15) is 6.42 Å². The van der Waals surface area contributed by atoms with Crippen LogP contribution in [-0.4, -0.2) is 12.5 Å². The number of nitrogens with two attached hydrogens (primary N) is 1. The van der Waals surface area contributed by atoms with Crippen LogP contribution in [0.15, 0.2) is 48.5 Å². The van der Waals surface area contributed by atoms with Crippen molar-refractivity contribution in [2.75, 3.05) is 17.7 Å². The van der Waals surface area contributed by atoms with Gasteiger partial charge in [0.1, 0.15) is 11.6 Å². The van der Waals surface area contributed by atoms with E-state index >= 15 is 0 Å². The average molecular weight is 274 g/mol. The van der Waals surface area contributed by atoms with E-state index in [0.29, 0.717) is 17.1 Å². The number of amides is 1. The van der Waals surface area contributed by atoms with Crippen LogP contribution in [0, 0.1) is 5.82 Å². The Bertz CT molecular complexity index is 602. The molecule has 0 fully saturated rings. The van der Waals surface area contributed by atoms with Gasteiger partial charge in [-0.05, 0) is 30.3 Å². The Morgan fingerprint density at radius 1 is 1.20 bits per heavy atom. The molecule has 0 aliphatic carbocycles. The van der Waals surface area contributed by atoms with Crippen LogP contribution in [0.2, 0.25) is 0 Å². The second-order valence-electron chi connectivity index (χ2n) is 4.23. The van der Waals surface area contributed by atoms with E-state index in [0.717, 1.165) is 0 Å². The molecule has 0 atom stereocenters. The van der Waals surface area contributed by atoms with E-state index < -0.39 is 0 Å². The van der Waals surface area contributed by atoms with Gasteiger partial charge in [0.25, 0.3) is 0 Å². The summed E-state index contributed by atoms with van der Waals surface area (Å²) in [5, 5.41) is 2.71. The van der Waals surface area contributed by atoms with Crippen molar-refractivity contribution in [3.8, 4) is 5.75 Å². The van der Waals surface area contributed by atoms with Crippen molar-refractivity contribution >= 4 is 17.3 Å². The van der Waals surface area contributed by atoms with Crippen LogP contribution in [0.5, 0.6) is 5.75 Å². The third kappa shape index (κ3) is 4.28. The van der Waals surface area contributed by atoms with Crippen LogP contribution in [0.3, 0.4) is 0 Å². The Morgan fingerprint density at radius 2 is 2.00 bits per heavy atom. The molecule has 0 heterocycles. The lowest BCUT2D eigenvalue weighted by atomic mass is 10.2. The third-order valence-corrected chi connectivity index (χ3v) is 2.56. The minimum Gasteiger partial charge on any atom is -0.493 e. The number of nitrogen functional groups attached to an aromatic ring is 1. The molecule has 0 aliphatic heterocycles. The van der Waals surface area contributed by atoms with Crippen LogP contribution in [0.25, 0.3) is 0 Å². The number of benzene rings is 2. The Labute approximate surface area is 116 Å². The lowest BCUT2D eigenvalue weighted by Crippen LogP contribution is -2.15. The van der Waals surface area contributed by atoms with Crippen LogP contribution >= 0.6 is 0 Å². The Kier molecular flexibility index (Phi) is 4.55. The fraction of sp³-hybridized carbons (Fsp3) is 0.133. The molecule has 20 heavy (non-hydrogen) atoms. The number of halogens is 1. The summed E-state index contributed by atoms with van der Waals surface area (Å²) in [5.74, 6) is -0.152. The van der Waals surface area contributed by atoms with Gasteiger partial charge in [-0.15, -0.1) is 0 Å². The van der Waals surface area contributed by atoms with Crippen molar-refractivity contribution in [1.29, 1.82) is 0 Å². The minimum absolute atomic E-state index is 0.172. The second kappa shape index (κ2) is 6.56. The van der Waals surface area contributed by atoms with E-state index in [1.807, 2.05) is 0 Å². The van der Waals surface area contributed by atoms with Gasteiger partial charge in [-0.3, -0.25) is 4.79 Å². The normalized spacial score (nSPS) is 10.1. The molecule has 104 valence electrons. The highest BCUT2D eigenvalue weighted by Gasteiger charge is 2.03. The summed E-state index contributed by atoms with van der Waals surface area (Å²) in [6, 6.07) is 12.7. The summed E-state index contributed by atoms with van der Waals surface area (Å²) < 4.78 is 18.2. The molecule has 0 aromatic heterocycles. The van der Waals surface area contributed by atoms with Crippen molar-refractivity contribution in [1.82, 2.24) is 0 Å². The third-order valence-electron chi connectivity index (χ3n) is 2.56. The number of ether oxygens (including phenoxy) is 1. The molecule has 1 amide bonds. The first-order valence-corrected chi connectivity index (χ1v) is 6.17. The Balaban J connectivity index is 1.78. The fourth-order valence-corrected chi connectivity index (χ4v) is 1.66. The first-order valence-electron chi connectivity index (χ1n) is 6.17. The van der Waals surface area contributed by atoms with Gasteiger partial charge in [0.2, 0.25) is 5.91 Å². The predicted octanol–water partition coefficient (Wildman–Crippen LogP) is 2.82. The molecule has 5 heteroatoms. The highest BCUT2D eigenvalue weighted by molar-refractivity contribution is 5.91. The number of nitrogens with one attached hydrogen (secondary N) is 1. The first-order chi connectivity index (χ1) is 9.63. The average Bonchev–Trinajstić information content (AvgIpc) is 2.38. The van der Waals surface area contributed by atoms with Gasteiger partial charge in [-0.1, -0.05) is 12.1 Å². The zero-order chi connectivity index (χ0) is 14.4. The Morgan fingerprint density at radius 3 is 2.75 bits per heavy atom. The van der Waals surface area contributed by atoms with Crippen molar-refractivity contribution < 1.29 is 13.9 Å². The van der Waals surface area contributed by atoms with Gasteiger partial charge in [0.15, 0.2) is 0 Å². The minimum atomic E-state index is -0.369. The summed E-state index contributed by atoms with van der Waals surface area (Å²) in [6.45, 7) is 0.178. The number of hydrogen-bond acceptors (Lipinski definition) is 3. The summed E-state index contributed by atoms with van der Waals surface area (Å²) in [5.41, 5.74) is 6.83. The maximum absolute atomic E-state index is 12.9. The monoisotopic (exact) mass is 274 g/mol. The second-order valence-corrected chi connectivity index (χ2v) is 4.23. The molecule has 0 aliphatic rings. The molecule has 2 rings (SSSR count). The largest absolute Gasteiger partial charge is 0.493 e. The lowest BCUT2D eigenvalue weighted by molar-refractivity contribution is -0.116. The van der Waals surface area contributed by atoms with Crippen molar-refractivity contribution in [3.05, 3.63) is 54.3 Å². The number of hydrogen-bond donors (Lipinski definition) is 2. The van der Waals surface area contributed by atoms with E-state index in [1.54, 1.807) is 36.4 Å². The standard InChI is InChI=1S/C15H15FN2O2/c16-11-3-1-6-14(9-11)20-8-7-15(19)18-13-5-2-4-12(17)10-13/h1-6,9-10H,7-8,17H2,(H,18,19). The molecule has 0 unspecified atom stereocenters. The topological polar surface area (TPSA) is 64.3 Å². The van der Waals surface area contributed by atoms with Crippen LogP contribution < -0.4 is 15.8 Å². The van der Waals surface area contributed by atoms with E-state index in [4.69, 9.17) is 10.5 Å². The number of carbonyl (C=O) groups is 1. The SMILES string of the molecule is Nc1cccc(NC(=O)CCOc2cccc(F)c2)c1. The summed E-state index contributed by atoms with van der Waals surface area (Å²) in [4.78, 5) is 11.7. The molecule has 0 spiro atoms. The highest BCUT2D eigenvalue weighted by Crippen LogP contribution is 2.13. The van der Waals surface area contributed by atoms with Gasteiger partial charge >= 0.3 is 0 Å². The molecular weight excluding hydrogens is 259 g/mol. The van der Waals surface area contributed by atoms with Crippen LogP contribution in [-0.2, 0) is 4.79 Å². The molecule has 0 saturated heterocycles. The molecule has 0 radical (unpaired) electrons. The van der Waals surface area contributed by atoms with E-state index in [2.05, 4.69) is 5.32 Å². The molecule has 4 nitrogen and oxygen atoms in total. The number of carbonyl (C=O) groups excluding carboxylic acids is 1. The molecule has 2 aromatic rings. The smallest absolute Gasteiger partial charge is 0.227 e. The summed E-state index contributed by atoms with van der Waals surface area (Å²) >= 11 is 0. The lowest BCUT2D eigenvalue weighted by Gasteiger charge is -2.07. The van der Waals surface area contributed by atoms with Crippen molar-refractivity contribution in [2.45, 2.75) is 6.42 Å². The first kappa shape index (κ1) is 13.9. The zero-order valence-corrected chi connectivity index (χ0v) is 10.8. The van der Waals surface area contributed by atoms with E-state index in [1.165, 1.54) is 12.1 Å². The van der Waals surface area contributed by atoms with Gasteiger partial charge in [0.05, 0.1) is 13.0 Å². The molecular formula is C15H15FN2O2. The van der Waals surface area contributed by atoms with Crippen LogP contribution in [0.4, 0.5) is 15.8 Å². The van der Waals surface area contributed by atoms with Gasteiger partial charge in [-0.25, -0.2) is 4.39 Å². The number of anilines is 2. The van der Waals surface area contributed by atoms with Gasteiger partial charge in [-0.2, -0.15) is 0 Å². The molecule has 2 aromatic carbocycles. The predicted molar refractivity (Wildman–Crippen MR) is 76.0 cm³/mol. The summed E-state index contributed by atoms with van der Waals surface area (Å²) in [7, 11) is 0. The maximum atomic E-state index is 12.9. The van der Waals surface area contributed by atoms with Gasteiger partial charge in [0, 0.05) is 17.4 Å². The maximum Gasteiger partial charge on any atom is 0.227 e. The fourth-order valence-electron chi connectivity index (χ4n) is 1.66. The highest BCUT2D eigenvalue weighted by atomic mass is 19.1. The quantitative estimate of drug-likeness (QED) is 0.824. The molecule has 3 N–H and O–H groups in total. The van der Waals surface area contributed by atoms with Gasteiger partial charge < -0.3 is 15.8 Å². The van der Waals surface area contributed by atoms with Crippen molar-refractivity contribution in [2.24, 2.45) is 0 Å². The van der Waals surface area contributed by atoms with Crippen molar-refractivity contribution in [3.63, 3.8) is 0 Å². The van der Waals surface area contributed by atoms with E-state index in [-0.39, 0.29) is 24.8 Å². The molecule has 0 saturated carbocycles. The van der Waals surface area contributed by atoms with E-state index in [9.17, 15) is 9.18 Å². The number of rotatable bonds is 5. The summed E-state index contributed by atoms with van der Waals surface area (Å²) in [6.07, 6.45) is 0.172. The molecule has 0 bridgehead atoms.